The van der Waals surface area contributed by atoms with Crippen molar-refractivity contribution >= 4 is 29.2 Å². The molecule has 2 unspecified atom stereocenters. The predicted molar refractivity (Wildman–Crippen MR) is 95.2 cm³/mol. The summed E-state index contributed by atoms with van der Waals surface area (Å²) in [6, 6.07) is 9.38. The maximum Gasteiger partial charge on any atom is 0.341 e. The molecular weight excluding hydrogens is 361 g/mol. The van der Waals surface area contributed by atoms with Gasteiger partial charge in [0, 0.05) is 28.1 Å². The van der Waals surface area contributed by atoms with Crippen LogP contribution in [0.1, 0.15) is 23.5 Å². The summed E-state index contributed by atoms with van der Waals surface area (Å²) in [5, 5.41) is 11.8. The van der Waals surface area contributed by atoms with Crippen LogP contribution < -0.4 is 10.1 Å². The number of carboxylic acids is 1. The Morgan fingerprint density at radius 1 is 1.35 bits per heavy atom. The highest BCUT2D eigenvalue weighted by atomic mass is 35.5. The van der Waals surface area contributed by atoms with Crippen molar-refractivity contribution in [2.45, 2.75) is 19.3 Å². The lowest BCUT2D eigenvalue weighted by Crippen LogP contribution is -2.16. The van der Waals surface area contributed by atoms with Gasteiger partial charge in [0.2, 0.25) is 5.91 Å². The third kappa shape index (κ3) is 3.96. The first-order valence-corrected chi connectivity index (χ1v) is 8.44. The molecule has 1 aliphatic rings. The van der Waals surface area contributed by atoms with Gasteiger partial charge >= 0.3 is 5.97 Å². The molecule has 0 radical (unpaired) electrons. The van der Waals surface area contributed by atoms with Crippen molar-refractivity contribution in [3.8, 4) is 5.75 Å². The molecule has 0 aromatic heterocycles. The zero-order valence-electron chi connectivity index (χ0n) is 14.0. The van der Waals surface area contributed by atoms with Gasteiger partial charge < -0.3 is 15.2 Å². The number of hydrogen-bond donors (Lipinski definition) is 2. The van der Waals surface area contributed by atoms with Crippen molar-refractivity contribution in [2.24, 2.45) is 5.92 Å². The van der Waals surface area contributed by atoms with Crippen molar-refractivity contribution < 1.29 is 23.8 Å². The number of ether oxygens (including phenoxy) is 1. The standard InChI is InChI=1S/C19H17ClFNO4/c1-10-7-11(26-9-17(23)24)5-6-16(10)22-19(25)13-8-12(13)18-14(20)3-2-4-15(18)21/h2-7,12-13H,8-9H2,1H3,(H,22,25)(H,23,24). The SMILES string of the molecule is Cc1cc(OCC(=O)O)ccc1NC(=O)C1CC1c1c(F)cccc1Cl. The van der Waals surface area contributed by atoms with Crippen molar-refractivity contribution in [1.82, 2.24) is 0 Å². The summed E-state index contributed by atoms with van der Waals surface area (Å²) in [7, 11) is 0. The summed E-state index contributed by atoms with van der Waals surface area (Å²) in [5.41, 5.74) is 1.73. The second-order valence-corrected chi connectivity index (χ2v) is 6.64. The third-order valence-corrected chi connectivity index (χ3v) is 4.65. The van der Waals surface area contributed by atoms with Crippen LogP contribution in [-0.4, -0.2) is 23.6 Å². The molecule has 0 bridgehead atoms. The number of aliphatic carboxylic acids is 1. The lowest BCUT2D eigenvalue weighted by atomic mass is 10.1. The number of halogens is 2. The number of anilines is 1. The first kappa shape index (κ1) is 18.2. The molecule has 3 rings (SSSR count). The number of benzene rings is 2. The highest BCUT2D eigenvalue weighted by Gasteiger charge is 2.46. The number of nitrogens with one attached hydrogen (secondary N) is 1. The minimum Gasteiger partial charge on any atom is -0.482 e. The van der Waals surface area contributed by atoms with Gasteiger partial charge in [-0.15, -0.1) is 0 Å². The molecule has 1 aliphatic carbocycles. The lowest BCUT2D eigenvalue weighted by Gasteiger charge is -2.11. The quantitative estimate of drug-likeness (QED) is 0.798. The molecule has 2 atom stereocenters. The van der Waals surface area contributed by atoms with Crippen LogP contribution in [0.2, 0.25) is 5.02 Å². The number of carbonyl (C=O) groups excluding carboxylic acids is 1. The van der Waals surface area contributed by atoms with Gasteiger partial charge in [0.05, 0.1) is 0 Å². The van der Waals surface area contributed by atoms with Crippen molar-refractivity contribution in [2.75, 3.05) is 11.9 Å². The normalized spacial score (nSPS) is 18.3. The maximum absolute atomic E-state index is 14.0. The smallest absolute Gasteiger partial charge is 0.341 e. The molecule has 1 fully saturated rings. The van der Waals surface area contributed by atoms with Crippen molar-refractivity contribution in [1.29, 1.82) is 0 Å². The summed E-state index contributed by atoms with van der Waals surface area (Å²) < 4.78 is 19.1. The molecule has 0 aliphatic heterocycles. The van der Waals surface area contributed by atoms with Crippen LogP contribution in [-0.2, 0) is 9.59 Å². The summed E-state index contributed by atoms with van der Waals surface area (Å²) in [6.45, 7) is 1.35. The monoisotopic (exact) mass is 377 g/mol. The number of amides is 1. The van der Waals surface area contributed by atoms with E-state index in [1.165, 1.54) is 12.1 Å². The number of rotatable bonds is 6. The highest BCUT2D eigenvalue weighted by molar-refractivity contribution is 6.31. The lowest BCUT2D eigenvalue weighted by molar-refractivity contribution is -0.139. The van der Waals surface area contributed by atoms with E-state index in [4.69, 9.17) is 21.4 Å². The van der Waals surface area contributed by atoms with Crippen LogP contribution in [0.15, 0.2) is 36.4 Å². The molecule has 1 amide bonds. The molecule has 2 N–H and O–H groups in total. The van der Waals surface area contributed by atoms with E-state index in [-0.39, 0.29) is 17.7 Å². The Morgan fingerprint density at radius 3 is 2.77 bits per heavy atom. The molecule has 26 heavy (non-hydrogen) atoms. The van der Waals surface area contributed by atoms with E-state index in [1.54, 1.807) is 31.2 Å². The fourth-order valence-corrected chi connectivity index (χ4v) is 3.21. The summed E-state index contributed by atoms with van der Waals surface area (Å²) in [4.78, 5) is 23.0. The number of hydrogen-bond acceptors (Lipinski definition) is 3. The number of aryl methyl sites for hydroxylation is 1. The molecule has 136 valence electrons. The molecule has 7 heteroatoms. The molecule has 2 aromatic carbocycles. The van der Waals surface area contributed by atoms with Gasteiger partial charge in [-0.3, -0.25) is 4.79 Å². The van der Waals surface area contributed by atoms with Gasteiger partial charge in [-0.2, -0.15) is 0 Å². The number of carbonyl (C=O) groups is 2. The van der Waals surface area contributed by atoms with E-state index in [0.29, 0.717) is 28.4 Å². The Kier molecular flexibility index (Phi) is 5.13. The molecule has 0 spiro atoms. The average Bonchev–Trinajstić information content (AvgIpc) is 3.35. The zero-order chi connectivity index (χ0) is 18.8. The third-order valence-electron chi connectivity index (χ3n) is 4.32. The summed E-state index contributed by atoms with van der Waals surface area (Å²) in [6.07, 6.45) is 0.547. The van der Waals surface area contributed by atoms with E-state index >= 15 is 0 Å². The van der Waals surface area contributed by atoms with E-state index in [1.807, 2.05) is 0 Å². The molecule has 2 aromatic rings. The predicted octanol–water partition coefficient (Wildman–Crippen LogP) is 3.99. The largest absolute Gasteiger partial charge is 0.482 e. The fraction of sp³-hybridized carbons (Fsp3) is 0.263. The van der Waals surface area contributed by atoms with Crippen LogP contribution in [0.25, 0.3) is 0 Å². The van der Waals surface area contributed by atoms with E-state index in [0.717, 1.165) is 5.56 Å². The van der Waals surface area contributed by atoms with Gasteiger partial charge in [-0.25, -0.2) is 9.18 Å². The van der Waals surface area contributed by atoms with Gasteiger partial charge in [-0.1, -0.05) is 17.7 Å². The molecule has 1 saturated carbocycles. The topological polar surface area (TPSA) is 75.6 Å². The second-order valence-electron chi connectivity index (χ2n) is 6.23. The Balaban J connectivity index is 1.65. The van der Waals surface area contributed by atoms with Crippen LogP contribution in [0.3, 0.4) is 0 Å². The molecule has 5 nitrogen and oxygen atoms in total. The van der Waals surface area contributed by atoms with Crippen molar-refractivity contribution in [3.05, 3.63) is 58.4 Å². The first-order valence-electron chi connectivity index (χ1n) is 8.07. The molecule has 0 saturated heterocycles. The average molecular weight is 378 g/mol. The van der Waals surface area contributed by atoms with Crippen LogP contribution >= 0.6 is 11.6 Å². The Hall–Kier alpha value is -2.60. The highest BCUT2D eigenvalue weighted by Crippen LogP contribution is 2.51. The fourth-order valence-electron chi connectivity index (χ4n) is 2.91. The van der Waals surface area contributed by atoms with E-state index < -0.39 is 18.4 Å². The van der Waals surface area contributed by atoms with E-state index in [9.17, 15) is 14.0 Å². The van der Waals surface area contributed by atoms with Gasteiger partial charge in [0.25, 0.3) is 0 Å². The van der Waals surface area contributed by atoms with Crippen LogP contribution in [0.5, 0.6) is 5.75 Å². The van der Waals surface area contributed by atoms with Crippen molar-refractivity contribution in [3.63, 3.8) is 0 Å². The van der Waals surface area contributed by atoms with Gasteiger partial charge in [-0.05, 0) is 49.2 Å². The maximum atomic E-state index is 14.0. The van der Waals surface area contributed by atoms with E-state index in [2.05, 4.69) is 5.32 Å². The Bertz CT molecular complexity index is 850. The minimum atomic E-state index is -1.06. The minimum absolute atomic E-state index is 0.198. The molecular formula is C19H17ClFNO4. The van der Waals surface area contributed by atoms with Gasteiger partial charge in [0.1, 0.15) is 11.6 Å². The van der Waals surface area contributed by atoms with Gasteiger partial charge in [0.15, 0.2) is 6.61 Å². The van der Waals surface area contributed by atoms with Crippen LogP contribution in [0, 0.1) is 18.7 Å². The first-order chi connectivity index (χ1) is 12.4. The second kappa shape index (κ2) is 7.33. The van der Waals surface area contributed by atoms with Crippen LogP contribution in [0.4, 0.5) is 10.1 Å². The Morgan fingerprint density at radius 2 is 2.12 bits per heavy atom. The number of carboxylic acid groups (broad SMARTS) is 1. The Labute approximate surface area is 154 Å². The summed E-state index contributed by atoms with van der Waals surface area (Å²) in [5.74, 6) is -1.79. The summed E-state index contributed by atoms with van der Waals surface area (Å²) >= 11 is 6.06. The molecule has 0 heterocycles. The zero-order valence-corrected chi connectivity index (χ0v) is 14.7.